The third kappa shape index (κ3) is 2.83. The van der Waals surface area contributed by atoms with E-state index in [4.69, 9.17) is 5.11 Å². The molecular weight excluding hydrogens is 220 g/mol. The maximum atomic E-state index is 10.7. The maximum absolute atomic E-state index is 10.7. The Balaban J connectivity index is 2.08. The fourth-order valence-corrected chi connectivity index (χ4v) is 1.83. The second-order valence-corrected chi connectivity index (χ2v) is 4.16. The molecule has 1 aliphatic rings. The number of rotatable bonds is 4. The monoisotopic (exact) mass is 236 g/mol. The lowest BCUT2D eigenvalue weighted by atomic mass is 10.3. The lowest BCUT2D eigenvalue weighted by molar-refractivity contribution is -0.137. The van der Waals surface area contributed by atoms with Crippen molar-refractivity contribution in [1.82, 2.24) is 9.97 Å². The number of nitrogens with one attached hydrogen (secondary N) is 1. The van der Waals surface area contributed by atoms with Crippen LogP contribution in [-0.4, -0.2) is 40.2 Å². The molecule has 1 aliphatic heterocycles. The van der Waals surface area contributed by atoms with Crippen LogP contribution in [0.4, 0.5) is 11.6 Å². The molecule has 1 fully saturated rings. The van der Waals surface area contributed by atoms with Gasteiger partial charge in [0.2, 0.25) is 0 Å². The van der Waals surface area contributed by atoms with E-state index in [1.54, 1.807) is 13.0 Å². The van der Waals surface area contributed by atoms with E-state index < -0.39 is 12.0 Å². The Bertz CT molecular complexity index is 404. The smallest absolute Gasteiger partial charge is 0.325 e. The zero-order valence-corrected chi connectivity index (χ0v) is 9.76. The molecular formula is C11H16N4O2. The molecule has 2 rings (SSSR count). The van der Waals surface area contributed by atoms with Crippen molar-refractivity contribution in [3.63, 3.8) is 0 Å². The number of nitrogens with zero attached hydrogens (tertiary/aromatic N) is 3. The molecule has 92 valence electrons. The van der Waals surface area contributed by atoms with Crippen LogP contribution in [0.3, 0.4) is 0 Å². The van der Waals surface area contributed by atoms with Gasteiger partial charge in [-0.2, -0.15) is 0 Å². The predicted octanol–water partition coefficient (Wildman–Crippen LogP) is 0.962. The van der Waals surface area contributed by atoms with Crippen LogP contribution in [0, 0.1) is 0 Å². The molecule has 1 aromatic heterocycles. The van der Waals surface area contributed by atoms with Crippen LogP contribution in [0.15, 0.2) is 12.4 Å². The largest absolute Gasteiger partial charge is 0.480 e. The van der Waals surface area contributed by atoms with Gasteiger partial charge in [-0.15, -0.1) is 0 Å². The van der Waals surface area contributed by atoms with Gasteiger partial charge in [0.1, 0.15) is 24.0 Å². The standard InChI is InChI=1S/C11H16N4O2/c1-8(11(16)17)14-9-6-10(13-7-12-9)15-4-2-3-5-15/h6-8H,2-5H2,1H3,(H,16,17)(H,12,13,14)/t8-/m0/s1. The molecule has 0 spiro atoms. The minimum absolute atomic E-state index is 0.553. The summed E-state index contributed by atoms with van der Waals surface area (Å²) in [5.74, 6) is 0.515. The zero-order valence-electron chi connectivity index (χ0n) is 9.76. The number of carboxylic acid groups (broad SMARTS) is 1. The lowest BCUT2D eigenvalue weighted by Crippen LogP contribution is -2.26. The predicted molar refractivity (Wildman–Crippen MR) is 64.2 cm³/mol. The topological polar surface area (TPSA) is 78.3 Å². The highest BCUT2D eigenvalue weighted by Crippen LogP contribution is 2.19. The first kappa shape index (κ1) is 11.6. The molecule has 0 saturated carbocycles. The van der Waals surface area contributed by atoms with Gasteiger partial charge in [-0.3, -0.25) is 4.79 Å². The van der Waals surface area contributed by atoms with E-state index in [1.807, 2.05) is 0 Å². The fraction of sp³-hybridized carbons (Fsp3) is 0.545. The van der Waals surface area contributed by atoms with E-state index in [9.17, 15) is 4.79 Å². The van der Waals surface area contributed by atoms with Gasteiger partial charge in [0.15, 0.2) is 0 Å². The number of aliphatic carboxylic acids is 1. The highest BCUT2D eigenvalue weighted by molar-refractivity contribution is 5.76. The van der Waals surface area contributed by atoms with Gasteiger partial charge in [0, 0.05) is 19.2 Å². The Morgan fingerprint density at radius 2 is 2.18 bits per heavy atom. The molecule has 0 aromatic carbocycles. The van der Waals surface area contributed by atoms with Crippen molar-refractivity contribution in [3.05, 3.63) is 12.4 Å². The minimum Gasteiger partial charge on any atom is -0.480 e. The van der Waals surface area contributed by atoms with Crippen LogP contribution < -0.4 is 10.2 Å². The summed E-state index contributed by atoms with van der Waals surface area (Å²) >= 11 is 0. The maximum Gasteiger partial charge on any atom is 0.325 e. The van der Waals surface area contributed by atoms with Gasteiger partial charge in [-0.1, -0.05) is 0 Å². The Kier molecular flexibility index (Phi) is 3.41. The SMILES string of the molecule is C[C@H](Nc1cc(N2CCCC2)ncn1)C(=O)O. The molecule has 17 heavy (non-hydrogen) atoms. The normalized spacial score (nSPS) is 16.9. The molecule has 0 amide bonds. The number of anilines is 2. The van der Waals surface area contributed by atoms with Crippen molar-refractivity contribution in [3.8, 4) is 0 Å². The number of aromatic nitrogens is 2. The summed E-state index contributed by atoms with van der Waals surface area (Å²) in [5.41, 5.74) is 0. The first-order chi connectivity index (χ1) is 8.16. The first-order valence-electron chi connectivity index (χ1n) is 5.73. The van der Waals surface area contributed by atoms with Crippen LogP contribution in [0.2, 0.25) is 0 Å². The van der Waals surface area contributed by atoms with E-state index in [0.29, 0.717) is 5.82 Å². The molecule has 6 heteroatoms. The van der Waals surface area contributed by atoms with Gasteiger partial charge in [0.05, 0.1) is 0 Å². The highest BCUT2D eigenvalue weighted by Gasteiger charge is 2.15. The lowest BCUT2D eigenvalue weighted by Gasteiger charge is -2.17. The van der Waals surface area contributed by atoms with Crippen molar-refractivity contribution < 1.29 is 9.90 Å². The molecule has 1 saturated heterocycles. The summed E-state index contributed by atoms with van der Waals surface area (Å²) in [6.45, 7) is 3.59. The van der Waals surface area contributed by atoms with Crippen molar-refractivity contribution in [2.45, 2.75) is 25.8 Å². The molecule has 0 unspecified atom stereocenters. The van der Waals surface area contributed by atoms with Crippen molar-refractivity contribution in [2.75, 3.05) is 23.3 Å². The molecule has 0 radical (unpaired) electrons. The summed E-state index contributed by atoms with van der Waals surface area (Å²) in [4.78, 5) is 21.1. The van der Waals surface area contributed by atoms with E-state index in [1.165, 1.54) is 19.2 Å². The molecule has 0 bridgehead atoms. The molecule has 2 heterocycles. The Hall–Kier alpha value is -1.85. The minimum atomic E-state index is -0.897. The fourth-order valence-electron chi connectivity index (χ4n) is 1.83. The van der Waals surface area contributed by atoms with E-state index >= 15 is 0 Å². The molecule has 1 atom stereocenters. The summed E-state index contributed by atoms with van der Waals surface area (Å²) in [7, 11) is 0. The first-order valence-corrected chi connectivity index (χ1v) is 5.73. The number of carboxylic acids is 1. The van der Waals surface area contributed by atoms with Crippen LogP contribution in [-0.2, 0) is 4.79 Å². The summed E-state index contributed by atoms with van der Waals surface area (Å²) < 4.78 is 0. The van der Waals surface area contributed by atoms with Gasteiger partial charge < -0.3 is 15.3 Å². The zero-order chi connectivity index (χ0) is 12.3. The molecule has 2 N–H and O–H groups in total. The number of hydrogen-bond donors (Lipinski definition) is 2. The Morgan fingerprint density at radius 3 is 2.82 bits per heavy atom. The van der Waals surface area contributed by atoms with E-state index in [-0.39, 0.29) is 0 Å². The van der Waals surface area contributed by atoms with Crippen molar-refractivity contribution >= 4 is 17.6 Å². The van der Waals surface area contributed by atoms with Crippen molar-refractivity contribution in [2.24, 2.45) is 0 Å². The van der Waals surface area contributed by atoms with E-state index in [0.717, 1.165) is 18.9 Å². The molecule has 1 aromatic rings. The van der Waals surface area contributed by atoms with Crippen LogP contribution in [0.5, 0.6) is 0 Å². The average Bonchev–Trinajstić information content (AvgIpc) is 2.82. The number of hydrogen-bond acceptors (Lipinski definition) is 5. The van der Waals surface area contributed by atoms with Crippen molar-refractivity contribution in [1.29, 1.82) is 0 Å². The summed E-state index contributed by atoms with van der Waals surface area (Å²) in [5, 5.41) is 11.6. The second-order valence-electron chi connectivity index (χ2n) is 4.16. The third-order valence-corrected chi connectivity index (χ3v) is 2.82. The second kappa shape index (κ2) is 4.99. The molecule has 6 nitrogen and oxygen atoms in total. The highest BCUT2D eigenvalue weighted by atomic mass is 16.4. The van der Waals surface area contributed by atoms with Gasteiger partial charge in [-0.25, -0.2) is 9.97 Å². The molecule has 0 aliphatic carbocycles. The summed E-state index contributed by atoms with van der Waals surface area (Å²) in [6.07, 6.45) is 3.82. The Morgan fingerprint density at radius 1 is 1.47 bits per heavy atom. The number of carbonyl (C=O) groups is 1. The van der Waals surface area contributed by atoms with Crippen LogP contribution in [0.25, 0.3) is 0 Å². The quantitative estimate of drug-likeness (QED) is 0.810. The summed E-state index contributed by atoms with van der Waals surface area (Å²) in [6, 6.07) is 1.14. The van der Waals surface area contributed by atoms with Gasteiger partial charge in [0.25, 0.3) is 0 Å². The Labute approximate surface area is 99.7 Å². The van der Waals surface area contributed by atoms with Gasteiger partial charge in [-0.05, 0) is 19.8 Å². The third-order valence-electron chi connectivity index (χ3n) is 2.82. The average molecular weight is 236 g/mol. The van der Waals surface area contributed by atoms with E-state index in [2.05, 4.69) is 20.2 Å². The van der Waals surface area contributed by atoms with Crippen LogP contribution in [0.1, 0.15) is 19.8 Å². The van der Waals surface area contributed by atoms with Crippen LogP contribution >= 0.6 is 0 Å². The van der Waals surface area contributed by atoms with Gasteiger partial charge >= 0.3 is 5.97 Å².